The molecule has 1 aliphatic heterocycles. The Bertz CT molecular complexity index is 265. The highest BCUT2D eigenvalue weighted by molar-refractivity contribution is 6.29. The molecule has 0 bridgehead atoms. The molecule has 0 aliphatic carbocycles. The minimum absolute atomic E-state index is 0.581. The molecule has 13 heavy (non-hydrogen) atoms. The van der Waals surface area contributed by atoms with E-state index in [1.54, 1.807) is 0 Å². The molecule has 2 heterocycles. The molecule has 1 fully saturated rings. The smallest absolute Gasteiger partial charge is 0.129 e. The zero-order valence-electron chi connectivity index (χ0n) is 7.46. The predicted molar refractivity (Wildman–Crippen MR) is 54.1 cm³/mol. The van der Waals surface area contributed by atoms with E-state index < -0.39 is 0 Å². The van der Waals surface area contributed by atoms with Gasteiger partial charge in [0, 0.05) is 6.20 Å². The number of halogens is 1. The van der Waals surface area contributed by atoms with Gasteiger partial charge in [0.1, 0.15) is 5.15 Å². The SMILES string of the molecule is Clc1ccc(C2CCNCC2)cn1. The van der Waals surface area contributed by atoms with Crippen molar-refractivity contribution in [2.24, 2.45) is 0 Å². The molecule has 2 rings (SSSR count). The van der Waals surface area contributed by atoms with Gasteiger partial charge >= 0.3 is 0 Å². The predicted octanol–water partition coefficient (Wildman–Crippen LogP) is 2.20. The van der Waals surface area contributed by atoms with Crippen molar-refractivity contribution in [2.45, 2.75) is 18.8 Å². The Morgan fingerprint density at radius 1 is 1.31 bits per heavy atom. The van der Waals surface area contributed by atoms with Gasteiger partial charge in [-0.3, -0.25) is 0 Å². The lowest BCUT2D eigenvalue weighted by Gasteiger charge is -2.22. The zero-order valence-corrected chi connectivity index (χ0v) is 8.22. The van der Waals surface area contributed by atoms with Gasteiger partial charge in [0.05, 0.1) is 0 Å². The van der Waals surface area contributed by atoms with Crippen LogP contribution in [0.2, 0.25) is 5.15 Å². The van der Waals surface area contributed by atoms with E-state index in [9.17, 15) is 0 Å². The van der Waals surface area contributed by atoms with Crippen LogP contribution in [-0.4, -0.2) is 18.1 Å². The van der Waals surface area contributed by atoms with Gasteiger partial charge in [0.15, 0.2) is 0 Å². The summed E-state index contributed by atoms with van der Waals surface area (Å²) >= 11 is 5.73. The minimum atomic E-state index is 0.581. The monoisotopic (exact) mass is 196 g/mol. The summed E-state index contributed by atoms with van der Waals surface area (Å²) < 4.78 is 0. The first-order chi connectivity index (χ1) is 6.36. The highest BCUT2D eigenvalue weighted by Gasteiger charge is 2.14. The third-order valence-electron chi connectivity index (χ3n) is 2.56. The van der Waals surface area contributed by atoms with Crippen LogP contribution in [-0.2, 0) is 0 Å². The van der Waals surface area contributed by atoms with Crippen LogP contribution in [0.4, 0.5) is 0 Å². The van der Waals surface area contributed by atoms with E-state index in [0.717, 1.165) is 13.1 Å². The third-order valence-corrected chi connectivity index (χ3v) is 2.78. The van der Waals surface area contributed by atoms with Crippen LogP contribution >= 0.6 is 11.6 Å². The van der Waals surface area contributed by atoms with Crippen LogP contribution in [0.15, 0.2) is 18.3 Å². The van der Waals surface area contributed by atoms with Crippen molar-refractivity contribution in [2.75, 3.05) is 13.1 Å². The molecule has 1 aromatic heterocycles. The van der Waals surface area contributed by atoms with E-state index in [1.165, 1.54) is 18.4 Å². The number of pyridine rings is 1. The van der Waals surface area contributed by atoms with E-state index in [-0.39, 0.29) is 0 Å². The van der Waals surface area contributed by atoms with Gasteiger partial charge in [0.25, 0.3) is 0 Å². The number of aromatic nitrogens is 1. The second-order valence-corrected chi connectivity index (χ2v) is 3.83. The van der Waals surface area contributed by atoms with Crippen LogP contribution < -0.4 is 5.32 Å². The number of hydrogen-bond donors (Lipinski definition) is 1. The van der Waals surface area contributed by atoms with E-state index in [1.807, 2.05) is 12.3 Å². The van der Waals surface area contributed by atoms with Gasteiger partial charge in [-0.15, -0.1) is 0 Å². The summed E-state index contributed by atoms with van der Waals surface area (Å²) in [6, 6.07) is 3.96. The molecule has 1 aromatic rings. The molecular formula is C10H13ClN2. The molecule has 2 nitrogen and oxygen atoms in total. The number of piperidine rings is 1. The van der Waals surface area contributed by atoms with Gasteiger partial charge in [0.2, 0.25) is 0 Å². The van der Waals surface area contributed by atoms with Crippen LogP contribution in [0.25, 0.3) is 0 Å². The van der Waals surface area contributed by atoms with Crippen LogP contribution in [0, 0.1) is 0 Å². The fourth-order valence-electron chi connectivity index (χ4n) is 1.78. The van der Waals surface area contributed by atoms with Crippen molar-refractivity contribution in [1.29, 1.82) is 0 Å². The van der Waals surface area contributed by atoms with Crippen LogP contribution in [0.5, 0.6) is 0 Å². The molecule has 1 N–H and O–H groups in total. The van der Waals surface area contributed by atoms with Gasteiger partial charge in [-0.05, 0) is 43.5 Å². The first-order valence-corrected chi connectivity index (χ1v) is 5.06. The van der Waals surface area contributed by atoms with Crippen molar-refractivity contribution in [3.05, 3.63) is 29.0 Å². The molecule has 0 unspecified atom stereocenters. The summed E-state index contributed by atoms with van der Waals surface area (Å²) in [6.07, 6.45) is 4.32. The normalized spacial score (nSPS) is 18.8. The Kier molecular flexibility index (Phi) is 2.81. The molecule has 0 amide bonds. The zero-order chi connectivity index (χ0) is 9.10. The van der Waals surface area contributed by atoms with Crippen molar-refractivity contribution in [1.82, 2.24) is 10.3 Å². The summed E-state index contributed by atoms with van der Waals surface area (Å²) in [4.78, 5) is 4.10. The summed E-state index contributed by atoms with van der Waals surface area (Å²) in [7, 11) is 0. The largest absolute Gasteiger partial charge is 0.317 e. The Balaban J connectivity index is 2.10. The standard InChI is InChI=1S/C10H13ClN2/c11-10-2-1-9(7-13-10)8-3-5-12-6-4-8/h1-2,7-8,12H,3-6H2. The summed E-state index contributed by atoms with van der Waals surface area (Å²) in [5, 5.41) is 3.93. The van der Waals surface area contributed by atoms with Gasteiger partial charge in [-0.25, -0.2) is 4.98 Å². The molecule has 0 radical (unpaired) electrons. The maximum atomic E-state index is 5.73. The Morgan fingerprint density at radius 2 is 2.08 bits per heavy atom. The number of rotatable bonds is 1. The van der Waals surface area contributed by atoms with Crippen molar-refractivity contribution in [3.8, 4) is 0 Å². The molecule has 0 aromatic carbocycles. The first-order valence-electron chi connectivity index (χ1n) is 4.68. The second kappa shape index (κ2) is 4.07. The average Bonchev–Trinajstić information content (AvgIpc) is 2.20. The van der Waals surface area contributed by atoms with Crippen LogP contribution in [0.3, 0.4) is 0 Å². The van der Waals surface area contributed by atoms with E-state index in [0.29, 0.717) is 11.1 Å². The topological polar surface area (TPSA) is 24.9 Å². The highest BCUT2D eigenvalue weighted by Crippen LogP contribution is 2.24. The fourth-order valence-corrected chi connectivity index (χ4v) is 1.90. The fraction of sp³-hybridized carbons (Fsp3) is 0.500. The van der Waals surface area contributed by atoms with Crippen molar-refractivity contribution < 1.29 is 0 Å². The van der Waals surface area contributed by atoms with Crippen molar-refractivity contribution >= 4 is 11.6 Å². The van der Waals surface area contributed by atoms with Gasteiger partial charge in [-0.2, -0.15) is 0 Å². The lowest BCUT2D eigenvalue weighted by molar-refractivity contribution is 0.459. The maximum absolute atomic E-state index is 5.73. The number of hydrogen-bond acceptors (Lipinski definition) is 2. The lowest BCUT2D eigenvalue weighted by Crippen LogP contribution is -2.26. The van der Waals surface area contributed by atoms with Gasteiger partial charge < -0.3 is 5.32 Å². The number of nitrogens with one attached hydrogen (secondary N) is 1. The lowest BCUT2D eigenvalue weighted by atomic mass is 9.91. The molecule has 3 heteroatoms. The third kappa shape index (κ3) is 2.20. The van der Waals surface area contributed by atoms with E-state index >= 15 is 0 Å². The minimum Gasteiger partial charge on any atom is -0.317 e. The maximum Gasteiger partial charge on any atom is 0.129 e. The highest BCUT2D eigenvalue weighted by atomic mass is 35.5. The molecule has 0 atom stereocenters. The average molecular weight is 197 g/mol. The van der Waals surface area contributed by atoms with Gasteiger partial charge in [-0.1, -0.05) is 17.7 Å². The molecule has 0 saturated carbocycles. The summed E-state index contributed by atoms with van der Waals surface area (Å²) in [5.74, 6) is 0.672. The molecule has 1 aliphatic rings. The number of nitrogens with zero attached hydrogens (tertiary/aromatic N) is 1. The quantitative estimate of drug-likeness (QED) is 0.697. The van der Waals surface area contributed by atoms with E-state index in [2.05, 4.69) is 16.4 Å². The van der Waals surface area contributed by atoms with Crippen molar-refractivity contribution in [3.63, 3.8) is 0 Å². The second-order valence-electron chi connectivity index (χ2n) is 3.44. The Morgan fingerprint density at radius 3 is 2.69 bits per heavy atom. The van der Waals surface area contributed by atoms with E-state index in [4.69, 9.17) is 11.6 Å². The summed E-state index contributed by atoms with van der Waals surface area (Å²) in [6.45, 7) is 2.24. The first kappa shape index (κ1) is 8.97. The van der Waals surface area contributed by atoms with Crippen LogP contribution in [0.1, 0.15) is 24.3 Å². The Labute approximate surface area is 83.3 Å². The molecule has 1 saturated heterocycles. The molecule has 70 valence electrons. The molecule has 0 spiro atoms. The molecular weight excluding hydrogens is 184 g/mol. The Hall–Kier alpha value is -0.600. The summed E-state index contributed by atoms with van der Waals surface area (Å²) in [5.41, 5.74) is 1.32.